The zero-order chi connectivity index (χ0) is 18.3. The van der Waals surface area contributed by atoms with Crippen molar-refractivity contribution >= 4 is 22.6 Å². The Morgan fingerprint density at radius 3 is 2.62 bits per heavy atom. The van der Waals surface area contributed by atoms with Crippen molar-refractivity contribution in [3.8, 4) is 11.4 Å². The summed E-state index contributed by atoms with van der Waals surface area (Å²) in [6.45, 7) is 4.69. The molecule has 130 valence electrons. The third-order valence-corrected chi connectivity index (χ3v) is 5.08. The summed E-state index contributed by atoms with van der Waals surface area (Å²) in [5, 5.41) is 0.700. The molecule has 0 aliphatic carbocycles. The van der Waals surface area contributed by atoms with Gasteiger partial charge in [-0.1, -0.05) is 29.8 Å². The molecular weight excluding hydrogens is 346 g/mol. The molecule has 26 heavy (non-hydrogen) atoms. The van der Waals surface area contributed by atoms with E-state index in [1.165, 1.54) is 11.1 Å². The lowest BCUT2D eigenvalue weighted by molar-refractivity contribution is 0.832. The van der Waals surface area contributed by atoms with Gasteiger partial charge in [0.2, 0.25) is 0 Å². The Balaban J connectivity index is 2.00. The van der Waals surface area contributed by atoms with E-state index in [0.29, 0.717) is 23.0 Å². The summed E-state index contributed by atoms with van der Waals surface area (Å²) >= 11 is 6.38. The standard InChI is InChI=1S/C21H18ClN3O/c1-13-10-18-19(11-14(13)2)25(12-15-6-3-4-8-17(15)22)20(24-18)16-7-5-9-23-21(16)26/h3-11H,12H2,1-2H3,(H,23,26). The molecule has 0 radical (unpaired) electrons. The Morgan fingerprint density at radius 1 is 1.08 bits per heavy atom. The molecule has 0 unspecified atom stereocenters. The molecule has 0 amide bonds. The van der Waals surface area contributed by atoms with Crippen molar-refractivity contribution in [3.05, 3.63) is 86.8 Å². The molecule has 0 aliphatic heterocycles. The molecule has 2 aromatic carbocycles. The maximum Gasteiger partial charge on any atom is 0.258 e. The second kappa shape index (κ2) is 6.46. The Kier molecular flexibility index (Phi) is 4.13. The lowest BCUT2D eigenvalue weighted by Gasteiger charge is -2.11. The fourth-order valence-electron chi connectivity index (χ4n) is 3.14. The number of imidazole rings is 1. The molecule has 4 rings (SSSR count). The second-order valence-corrected chi connectivity index (χ2v) is 6.86. The number of rotatable bonds is 3. The Labute approximate surface area is 156 Å². The van der Waals surface area contributed by atoms with Crippen molar-refractivity contribution in [1.82, 2.24) is 14.5 Å². The molecule has 0 fully saturated rings. The number of fused-ring (bicyclic) bond motifs is 1. The van der Waals surface area contributed by atoms with Crippen LogP contribution in [0, 0.1) is 13.8 Å². The molecule has 0 spiro atoms. The number of aryl methyl sites for hydroxylation is 2. The van der Waals surface area contributed by atoms with Crippen LogP contribution in [0.1, 0.15) is 16.7 Å². The van der Waals surface area contributed by atoms with Gasteiger partial charge in [-0.15, -0.1) is 0 Å². The number of nitrogens with zero attached hydrogens (tertiary/aromatic N) is 2. The molecule has 0 atom stereocenters. The minimum Gasteiger partial charge on any atom is -0.328 e. The SMILES string of the molecule is Cc1cc2nc(-c3ccc[nH]c3=O)n(Cc3ccccc3Cl)c2cc1C. The Morgan fingerprint density at radius 2 is 1.85 bits per heavy atom. The van der Waals surface area contributed by atoms with Gasteiger partial charge in [0.15, 0.2) is 0 Å². The lowest BCUT2D eigenvalue weighted by Crippen LogP contribution is -2.12. The zero-order valence-electron chi connectivity index (χ0n) is 14.6. The average Bonchev–Trinajstić information content (AvgIpc) is 2.95. The highest BCUT2D eigenvalue weighted by Gasteiger charge is 2.17. The van der Waals surface area contributed by atoms with Gasteiger partial charge in [-0.25, -0.2) is 4.98 Å². The molecule has 0 bridgehead atoms. The number of halogens is 1. The first-order chi connectivity index (χ1) is 12.5. The van der Waals surface area contributed by atoms with Crippen LogP contribution in [0.2, 0.25) is 5.02 Å². The minimum absolute atomic E-state index is 0.156. The van der Waals surface area contributed by atoms with Crippen LogP contribution >= 0.6 is 11.6 Å². The topological polar surface area (TPSA) is 50.7 Å². The third-order valence-electron chi connectivity index (χ3n) is 4.71. The van der Waals surface area contributed by atoms with Crippen LogP contribution in [-0.4, -0.2) is 14.5 Å². The summed E-state index contributed by atoms with van der Waals surface area (Å²) in [7, 11) is 0. The molecule has 0 aliphatic rings. The van der Waals surface area contributed by atoms with Crippen LogP contribution in [0.4, 0.5) is 0 Å². The van der Waals surface area contributed by atoms with Crippen molar-refractivity contribution in [1.29, 1.82) is 0 Å². The average molecular weight is 364 g/mol. The summed E-state index contributed by atoms with van der Waals surface area (Å²) in [4.78, 5) is 19.9. The molecule has 5 heteroatoms. The van der Waals surface area contributed by atoms with E-state index < -0.39 is 0 Å². The van der Waals surface area contributed by atoms with Gasteiger partial charge in [-0.05, 0) is 60.9 Å². The first-order valence-electron chi connectivity index (χ1n) is 8.43. The summed E-state index contributed by atoms with van der Waals surface area (Å²) in [5.41, 5.74) is 5.60. The molecule has 0 saturated heterocycles. The maximum absolute atomic E-state index is 12.4. The van der Waals surface area contributed by atoms with E-state index in [0.717, 1.165) is 16.6 Å². The van der Waals surface area contributed by atoms with Gasteiger partial charge < -0.3 is 9.55 Å². The predicted molar refractivity (Wildman–Crippen MR) is 106 cm³/mol. The number of benzene rings is 2. The summed E-state index contributed by atoms with van der Waals surface area (Å²) in [6.07, 6.45) is 1.63. The molecule has 0 saturated carbocycles. The number of hydrogen-bond acceptors (Lipinski definition) is 2. The van der Waals surface area contributed by atoms with E-state index in [1.54, 1.807) is 12.3 Å². The minimum atomic E-state index is -0.156. The van der Waals surface area contributed by atoms with Crippen molar-refractivity contribution in [3.63, 3.8) is 0 Å². The first kappa shape index (κ1) is 16.6. The smallest absolute Gasteiger partial charge is 0.258 e. The van der Waals surface area contributed by atoms with Gasteiger partial charge in [-0.3, -0.25) is 4.79 Å². The second-order valence-electron chi connectivity index (χ2n) is 6.45. The number of aromatic nitrogens is 3. The summed E-state index contributed by atoms with van der Waals surface area (Å²) in [5.74, 6) is 0.645. The number of H-pyrrole nitrogens is 1. The lowest BCUT2D eigenvalue weighted by atomic mass is 10.1. The van der Waals surface area contributed by atoms with E-state index in [-0.39, 0.29) is 5.56 Å². The van der Waals surface area contributed by atoms with Gasteiger partial charge >= 0.3 is 0 Å². The molecule has 1 N–H and O–H groups in total. The summed E-state index contributed by atoms with van der Waals surface area (Å²) in [6, 6.07) is 15.5. The van der Waals surface area contributed by atoms with Crippen LogP contribution in [0.15, 0.2) is 59.5 Å². The number of nitrogens with one attached hydrogen (secondary N) is 1. The highest BCUT2D eigenvalue weighted by Crippen LogP contribution is 2.28. The monoisotopic (exact) mass is 363 g/mol. The van der Waals surface area contributed by atoms with Crippen molar-refractivity contribution in [2.24, 2.45) is 0 Å². The van der Waals surface area contributed by atoms with Crippen molar-refractivity contribution < 1.29 is 0 Å². The normalized spacial score (nSPS) is 11.2. The maximum atomic E-state index is 12.4. The molecule has 4 aromatic rings. The van der Waals surface area contributed by atoms with Crippen LogP contribution in [-0.2, 0) is 6.54 Å². The van der Waals surface area contributed by atoms with Crippen LogP contribution in [0.3, 0.4) is 0 Å². The number of hydrogen-bond donors (Lipinski definition) is 1. The fourth-order valence-corrected chi connectivity index (χ4v) is 3.34. The first-order valence-corrected chi connectivity index (χ1v) is 8.81. The largest absolute Gasteiger partial charge is 0.328 e. The van der Waals surface area contributed by atoms with Gasteiger partial charge in [-0.2, -0.15) is 0 Å². The van der Waals surface area contributed by atoms with E-state index in [9.17, 15) is 4.79 Å². The molecule has 4 nitrogen and oxygen atoms in total. The van der Waals surface area contributed by atoms with E-state index in [2.05, 4.69) is 35.5 Å². The van der Waals surface area contributed by atoms with E-state index >= 15 is 0 Å². The third kappa shape index (κ3) is 2.82. The Hall–Kier alpha value is -2.85. The van der Waals surface area contributed by atoms with Crippen LogP contribution in [0.5, 0.6) is 0 Å². The summed E-state index contributed by atoms with van der Waals surface area (Å²) < 4.78 is 2.06. The van der Waals surface area contributed by atoms with Crippen LogP contribution < -0.4 is 5.56 Å². The molecular formula is C21H18ClN3O. The highest BCUT2D eigenvalue weighted by atomic mass is 35.5. The molecule has 2 heterocycles. The van der Waals surface area contributed by atoms with Gasteiger partial charge in [0.05, 0.1) is 23.1 Å². The Bertz CT molecular complexity index is 1170. The highest BCUT2D eigenvalue weighted by molar-refractivity contribution is 6.31. The van der Waals surface area contributed by atoms with Gasteiger partial charge in [0, 0.05) is 11.2 Å². The van der Waals surface area contributed by atoms with Crippen LogP contribution in [0.25, 0.3) is 22.4 Å². The van der Waals surface area contributed by atoms with E-state index in [1.807, 2.05) is 30.3 Å². The van der Waals surface area contributed by atoms with Gasteiger partial charge in [0.25, 0.3) is 5.56 Å². The van der Waals surface area contributed by atoms with E-state index in [4.69, 9.17) is 16.6 Å². The van der Waals surface area contributed by atoms with Crippen molar-refractivity contribution in [2.45, 2.75) is 20.4 Å². The quantitative estimate of drug-likeness (QED) is 0.573. The van der Waals surface area contributed by atoms with Crippen molar-refractivity contribution in [2.75, 3.05) is 0 Å². The predicted octanol–water partition coefficient (Wildman–Crippen LogP) is 4.71. The fraction of sp³-hybridized carbons (Fsp3) is 0.143. The zero-order valence-corrected chi connectivity index (χ0v) is 15.3. The van der Waals surface area contributed by atoms with Gasteiger partial charge in [0.1, 0.15) is 5.82 Å². The number of pyridine rings is 1. The molecule has 2 aromatic heterocycles. The number of aromatic amines is 1.